The summed E-state index contributed by atoms with van der Waals surface area (Å²) in [5.41, 5.74) is 0.326. The Morgan fingerprint density at radius 1 is 1.53 bits per heavy atom. The molecular weight excluding hydrogens is 199 g/mol. The molecule has 0 saturated carbocycles. The number of nitro groups is 1. The van der Waals surface area contributed by atoms with E-state index in [1.807, 2.05) is 0 Å². The van der Waals surface area contributed by atoms with Crippen LogP contribution in [0.2, 0.25) is 0 Å². The summed E-state index contributed by atoms with van der Waals surface area (Å²) in [6.07, 6.45) is 1.90. The zero-order valence-corrected chi connectivity index (χ0v) is 8.07. The van der Waals surface area contributed by atoms with E-state index in [0.717, 1.165) is 25.5 Å². The normalized spacial score (nSPS) is 20.5. The molecule has 1 aliphatic heterocycles. The van der Waals surface area contributed by atoms with Crippen LogP contribution in [-0.4, -0.2) is 11.5 Å². The molecule has 1 aliphatic rings. The molecule has 1 heterocycles. The molecule has 0 aliphatic carbocycles. The number of nitro benzene ring substituents is 1. The van der Waals surface area contributed by atoms with Crippen LogP contribution in [0.4, 0.5) is 10.1 Å². The average molecular weight is 210 g/mol. The van der Waals surface area contributed by atoms with Gasteiger partial charge in [0, 0.05) is 17.7 Å². The molecule has 0 radical (unpaired) electrons. The summed E-state index contributed by atoms with van der Waals surface area (Å²) in [5, 5.41) is 13.6. The first-order chi connectivity index (χ1) is 7.18. The predicted octanol–water partition coefficient (Wildman–Crippen LogP) is 2.16. The molecule has 0 unspecified atom stereocenters. The minimum atomic E-state index is -0.588. The number of nitrogens with one attached hydrogen (secondary N) is 1. The summed E-state index contributed by atoms with van der Waals surface area (Å²) < 4.78 is 13.5. The van der Waals surface area contributed by atoms with E-state index in [2.05, 4.69) is 5.32 Å². The molecule has 0 spiro atoms. The molecule has 15 heavy (non-hydrogen) atoms. The van der Waals surface area contributed by atoms with Gasteiger partial charge in [-0.1, -0.05) is 0 Å². The minimum Gasteiger partial charge on any atom is -0.310 e. The Kier molecular flexibility index (Phi) is 2.64. The highest BCUT2D eigenvalue weighted by Crippen LogP contribution is 2.27. The van der Waals surface area contributed by atoms with Gasteiger partial charge in [0.25, 0.3) is 5.69 Å². The van der Waals surface area contributed by atoms with Crippen LogP contribution in [0.15, 0.2) is 18.2 Å². The third-order valence-electron chi connectivity index (χ3n) is 2.63. The van der Waals surface area contributed by atoms with Gasteiger partial charge in [0.2, 0.25) is 0 Å². The largest absolute Gasteiger partial charge is 0.310 e. The molecule has 1 atom stereocenters. The van der Waals surface area contributed by atoms with Crippen molar-refractivity contribution in [2.24, 2.45) is 0 Å². The number of hydrogen-bond acceptors (Lipinski definition) is 3. The molecule has 2 rings (SSSR count). The Morgan fingerprint density at radius 3 is 2.87 bits per heavy atom. The summed E-state index contributed by atoms with van der Waals surface area (Å²) in [6, 6.07) is 3.83. The molecule has 5 heteroatoms. The van der Waals surface area contributed by atoms with E-state index < -0.39 is 10.7 Å². The van der Waals surface area contributed by atoms with E-state index >= 15 is 0 Å². The topological polar surface area (TPSA) is 55.2 Å². The second kappa shape index (κ2) is 3.94. The van der Waals surface area contributed by atoms with Crippen molar-refractivity contribution in [2.75, 3.05) is 6.54 Å². The monoisotopic (exact) mass is 210 g/mol. The first-order valence-corrected chi connectivity index (χ1v) is 4.85. The Morgan fingerprint density at radius 2 is 2.33 bits per heavy atom. The summed E-state index contributed by atoms with van der Waals surface area (Å²) >= 11 is 0. The Balaban J connectivity index is 2.29. The minimum absolute atomic E-state index is 0.00537. The highest BCUT2D eigenvalue weighted by atomic mass is 19.1. The van der Waals surface area contributed by atoms with Gasteiger partial charge in [-0.05, 0) is 25.5 Å². The number of non-ortho nitro benzene ring substituents is 1. The highest BCUT2D eigenvalue weighted by molar-refractivity contribution is 5.35. The molecule has 1 saturated heterocycles. The lowest BCUT2D eigenvalue weighted by molar-refractivity contribution is -0.385. The van der Waals surface area contributed by atoms with Gasteiger partial charge >= 0.3 is 0 Å². The van der Waals surface area contributed by atoms with Gasteiger partial charge in [-0.3, -0.25) is 10.1 Å². The third kappa shape index (κ3) is 1.97. The fourth-order valence-electron chi connectivity index (χ4n) is 1.86. The summed E-state index contributed by atoms with van der Waals surface area (Å²) in [7, 11) is 0. The van der Waals surface area contributed by atoms with Crippen LogP contribution in [0.1, 0.15) is 24.4 Å². The van der Waals surface area contributed by atoms with Gasteiger partial charge in [-0.15, -0.1) is 0 Å². The van der Waals surface area contributed by atoms with E-state index in [9.17, 15) is 14.5 Å². The first-order valence-electron chi connectivity index (χ1n) is 4.85. The summed E-state index contributed by atoms with van der Waals surface area (Å²) in [5.74, 6) is -0.497. The maximum atomic E-state index is 13.5. The van der Waals surface area contributed by atoms with Crippen LogP contribution >= 0.6 is 0 Å². The second-order valence-corrected chi connectivity index (χ2v) is 3.61. The third-order valence-corrected chi connectivity index (χ3v) is 2.63. The fraction of sp³-hybridized carbons (Fsp3) is 0.400. The fourth-order valence-corrected chi connectivity index (χ4v) is 1.86. The summed E-state index contributed by atoms with van der Waals surface area (Å²) in [4.78, 5) is 9.82. The van der Waals surface area contributed by atoms with Crippen molar-refractivity contribution in [1.29, 1.82) is 0 Å². The molecule has 0 amide bonds. The Hall–Kier alpha value is -1.49. The van der Waals surface area contributed by atoms with Gasteiger partial charge in [-0.2, -0.15) is 0 Å². The van der Waals surface area contributed by atoms with Crippen molar-refractivity contribution in [2.45, 2.75) is 18.9 Å². The molecule has 1 N–H and O–H groups in total. The molecule has 0 aromatic heterocycles. The average Bonchev–Trinajstić information content (AvgIpc) is 2.70. The van der Waals surface area contributed by atoms with Crippen LogP contribution in [0.3, 0.4) is 0 Å². The molecule has 1 fully saturated rings. The van der Waals surface area contributed by atoms with E-state index in [0.29, 0.717) is 5.56 Å². The van der Waals surface area contributed by atoms with Crippen molar-refractivity contribution < 1.29 is 9.31 Å². The van der Waals surface area contributed by atoms with Crippen LogP contribution < -0.4 is 5.32 Å². The lowest BCUT2D eigenvalue weighted by atomic mass is 10.0. The van der Waals surface area contributed by atoms with Crippen LogP contribution in [-0.2, 0) is 0 Å². The van der Waals surface area contributed by atoms with Gasteiger partial charge < -0.3 is 5.32 Å². The van der Waals surface area contributed by atoms with E-state index in [1.54, 1.807) is 0 Å². The second-order valence-electron chi connectivity index (χ2n) is 3.61. The van der Waals surface area contributed by atoms with Gasteiger partial charge in [0.1, 0.15) is 5.82 Å². The molecule has 80 valence electrons. The smallest absolute Gasteiger partial charge is 0.272 e. The van der Waals surface area contributed by atoms with Gasteiger partial charge in [0.15, 0.2) is 0 Å². The van der Waals surface area contributed by atoms with Crippen molar-refractivity contribution in [3.05, 3.63) is 39.7 Å². The summed E-state index contributed by atoms with van der Waals surface area (Å²) in [6.45, 7) is 0.876. The number of benzene rings is 1. The zero-order chi connectivity index (χ0) is 10.8. The van der Waals surface area contributed by atoms with Crippen LogP contribution in [0.25, 0.3) is 0 Å². The standard InChI is InChI=1S/C10H11FN2O2/c11-9-6-7(13(14)15)3-4-8(9)10-2-1-5-12-10/h3-4,6,10,12H,1-2,5H2/t10-/m0/s1. The van der Waals surface area contributed by atoms with Crippen LogP contribution in [0.5, 0.6) is 0 Å². The maximum absolute atomic E-state index is 13.5. The van der Waals surface area contributed by atoms with E-state index in [-0.39, 0.29) is 11.7 Å². The molecular formula is C10H11FN2O2. The van der Waals surface area contributed by atoms with E-state index in [4.69, 9.17) is 0 Å². The van der Waals surface area contributed by atoms with Gasteiger partial charge in [-0.25, -0.2) is 4.39 Å². The lowest BCUT2D eigenvalue weighted by Gasteiger charge is -2.10. The molecule has 4 nitrogen and oxygen atoms in total. The maximum Gasteiger partial charge on any atom is 0.272 e. The van der Waals surface area contributed by atoms with Crippen molar-refractivity contribution in [1.82, 2.24) is 5.32 Å². The number of hydrogen-bond donors (Lipinski definition) is 1. The number of nitrogens with zero attached hydrogens (tertiary/aromatic N) is 1. The Bertz CT molecular complexity index is 389. The Labute approximate surface area is 86.3 Å². The lowest BCUT2D eigenvalue weighted by Crippen LogP contribution is -2.14. The van der Waals surface area contributed by atoms with E-state index in [1.165, 1.54) is 12.1 Å². The van der Waals surface area contributed by atoms with Crippen molar-refractivity contribution in [3.63, 3.8) is 0 Å². The number of halogens is 1. The van der Waals surface area contributed by atoms with Crippen molar-refractivity contribution in [3.8, 4) is 0 Å². The van der Waals surface area contributed by atoms with Crippen LogP contribution in [0, 0.1) is 15.9 Å². The molecule has 1 aromatic carbocycles. The number of rotatable bonds is 2. The molecule has 1 aromatic rings. The van der Waals surface area contributed by atoms with Gasteiger partial charge in [0.05, 0.1) is 11.0 Å². The SMILES string of the molecule is O=[N+]([O-])c1ccc([C@@H]2CCCN2)c(F)c1. The zero-order valence-electron chi connectivity index (χ0n) is 8.07. The van der Waals surface area contributed by atoms with Crippen molar-refractivity contribution >= 4 is 5.69 Å². The highest BCUT2D eigenvalue weighted by Gasteiger charge is 2.21. The quantitative estimate of drug-likeness (QED) is 0.601. The predicted molar refractivity (Wildman–Crippen MR) is 53.0 cm³/mol. The molecule has 0 bridgehead atoms. The first kappa shape index (κ1) is 10.0.